The van der Waals surface area contributed by atoms with Gasteiger partial charge in [0, 0.05) is 10.8 Å². The fraction of sp³-hybridized carbons (Fsp3) is 0.111. The first kappa shape index (κ1) is 12.8. The molecule has 4 heteroatoms. The van der Waals surface area contributed by atoms with Crippen LogP contribution in [-0.2, 0) is 4.74 Å². The lowest BCUT2D eigenvalue weighted by Crippen LogP contribution is -2.14. The fourth-order valence-corrected chi connectivity index (χ4v) is 3.14. The van der Waals surface area contributed by atoms with Crippen molar-refractivity contribution in [2.24, 2.45) is 0 Å². The molecule has 22 heavy (non-hydrogen) atoms. The Morgan fingerprint density at radius 1 is 0.955 bits per heavy atom. The number of benzene rings is 3. The minimum atomic E-state index is -0.470. The topological polar surface area (TPSA) is 44.1 Å². The molecule has 0 aliphatic heterocycles. The summed E-state index contributed by atoms with van der Waals surface area (Å²) in [4.78, 5) is 12.0. The van der Waals surface area contributed by atoms with Gasteiger partial charge in [-0.1, -0.05) is 48.5 Å². The summed E-state index contributed by atoms with van der Waals surface area (Å²) in [5.74, 6) is 0. The van der Waals surface area contributed by atoms with Gasteiger partial charge in [-0.25, -0.2) is 4.79 Å². The highest BCUT2D eigenvalue weighted by Gasteiger charge is 2.18. The van der Waals surface area contributed by atoms with Gasteiger partial charge in [-0.05, 0) is 23.1 Å². The molecule has 0 saturated carbocycles. The van der Waals surface area contributed by atoms with Gasteiger partial charge in [0.2, 0.25) is 0 Å². The van der Waals surface area contributed by atoms with E-state index in [-0.39, 0.29) is 0 Å². The van der Waals surface area contributed by atoms with E-state index in [1.54, 1.807) is 0 Å². The second kappa shape index (κ2) is 4.56. The van der Waals surface area contributed by atoms with E-state index < -0.39 is 6.09 Å². The molecule has 0 saturated heterocycles. The van der Waals surface area contributed by atoms with Gasteiger partial charge in [0.25, 0.3) is 0 Å². The third-order valence-electron chi connectivity index (χ3n) is 4.13. The molecule has 4 rings (SSSR count). The Kier molecular flexibility index (Phi) is 2.66. The van der Waals surface area contributed by atoms with Gasteiger partial charge >= 0.3 is 6.09 Å². The minimum absolute atomic E-state index is 0.470. The van der Waals surface area contributed by atoms with Gasteiger partial charge < -0.3 is 4.74 Å². The predicted octanol–water partition coefficient (Wildman–Crippen LogP) is 4.27. The van der Waals surface area contributed by atoms with Gasteiger partial charge in [0.1, 0.15) is 5.52 Å². The Morgan fingerprint density at radius 2 is 1.50 bits per heavy atom. The third kappa shape index (κ3) is 1.58. The molecule has 4 aromatic rings. The van der Waals surface area contributed by atoms with E-state index in [4.69, 9.17) is 4.74 Å². The van der Waals surface area contributed by atoms with Crippen LogP contribution < -0.4 is 0 Å². The Hall–Kier alpha value is -2.88. The second-order valence-electron chi connectivity index (χ2n) is 5.28. The van der Waals surface area contributed by atoms with E-state index in [9.17, 15) is 4.79 Å². The summed E-state index contributed by atoms with van der Waals surface area (Å²) in [6, 6.07) is 16.3. The molecule has 0 atom stereocenters. The summed E-state index contributed by atoms with van der Waals surface area (Å²) >= 11 is 0. The summed E-state index contributed by atoms with van der Waals surface area (Å²) in [5, 5.41) is 9.95. The quantitative estimate of drug-likeness (QED) is 0.454. The highest BCUT2D eigenvalue weighted by atomic mass is 16.5. The standard InChI is InChI=1S/C18H14N2O2/c1-11-16-14-9-5-3-7-12(14)13-8-4-6-10-15(13)17(16)19-20(11)18(21)22-2/h3-10H,1-2H3. The summed E-state index contributed by atoms with van der Waals surface area (Å²) in [7, 11) is 1.37. The van der Waals surface area contributed by atoms with E-state index in [2.05, 4.69) is 23.3 Å². The van der Waals surface area contributed by atoms with Gasteiger partial charge in [0.05, 0.1) is 12.8 Å². The monoisotopic (exact) mass is 290 g/mol. The van der Waals surface area contributed by atoms with Crippen molar-refractivity contribution < 1.29 is 9.53 Å². The fourth-order valence-electron chi connectivity index (χ4n) is 3.14. The smallest absolute Gasteiger partial charge is 0.434 e. The maximum Gasteiger partial charge on any atom is 0.434 e. The number of hydrogen-bond donors (Lipinski definition) is 0. The first-order valence-corrected chi connectivity index (χ1v) is 7.09. The van der Waals surface area contributed by atoms with Crippen LogP contribution in [0.5, 0.6) is 0 Å². The number of aryl methyl sites for hydroxylation is 1. The van der Waals surface area contributed by atoms with Crippen LogP contribution in [0.1, 0.15) is 5.69 Å². The number of fused-ring (bicyclic) bond motifs is 6. The summed E-state index contributed by atoms with van der Waals surface area (Å²) in [6.07, 6.45) is -0.470. The highest BCUT2D eigenvalue weighted by Crippen LogP contribution is 2.35. The molecule has 1 aromatic heterocycles. The molecule has 0 spiro atoms. The molecule has 0 unspecified atom stereocenters. The molecule has 0 fully saturated rings. The first-order valence-electron chi connectivity index (χ1n) is 7.09. The zero-order valence-electron chi connectivity index (χ0n) is 12.3. The Labute approximate surface area is 126 Å². The van der Waals surface area contributed by atoms with Gasteiger partial charge in [-0.15, -0.1) is 0 Å². The largest absolute Gasteiger partial charge is 0.451 e. The van der Waals surface area contributed by atoms with Crippen LogP contribution in [0, 0.1) is 6.92 Å². The number of methoxy groups -OCH3 is 1. The summed E-state index contributed by atoms with van der Waals surface area (Å²) in [6.45, 7) is 1.90. The zero-order valence-corrected chi connectivity index (χ0v) is 12.3. The van der Waals surface area contributed by atoms with Crippen LogP contribution in [0.2, 0.25) is 0 Å². The van der Waals surface area contributed by atoms with Crippen LogP contribution in [0.25, 0.3) is 32.4 Å². The molecule has 0 radical (unpaired) electrons. The van der Waals surface area contributed by atoms with Gasteiger partial charge in [-0.3, -0.25) is 0 Å². The molecule has 4 nitrogen and oxygen atoms in total. The average Bonchev–Trinajstić information content (AvgIpc) is 2.92. The minimum Gasteiger partial charge on any atom is -0.451 e. The van der Waals surface area contributed by atoms with Crippen LogP contribution >= 0.6 is 0 Å². The van der Waals surface area contributed by atoms with E-state index in [1.807, 2.05) is 37.3 Å². The van der Waals surface area contributed by atoms with Crippen molar-refractivity contribution in [3.05, 3.63) is 54.2 Å². The lowest BCUT2D eigenvalue weighted by atomic mass is 9.97. The van der Waals surface area contributed by atoms with Crippen LogP contribution in [0.15, 0.2) is 48.5 Å². The molecule has 0 amide bonds. The van der Waals surface area contributed by atoms with Crippen LogP contribution in [0.4, 0.5) is 4.79 Å². The predicted molar refractivity (Wildman–Crippen MR) is 87.3 cm³/mol. The van der Waals surface area contributed by atoms with E-state index in [1.165, 1.54) is 11.8 Å². The molecular weight excluding hydrogens is 276 g/mol. The molecule has 0 aliphatic carbocycles. The van der Waals surface area contributed by atoms with Crippen molar-refractivity contribution >= 4 is 38.5 Å². The maximum atomic E-state index is 12.0. The van der Waals surface area contributed by atoms with Crippen molar-refractivity contribution in [2.45, 2.75) is 6.92 Å². The Balaban J connectivity index is 2.32. The second-order valence-corrected chi connectivity index (χ2v) is 5.28. The number of nitrogens with zero attached hydrogens (tertiary/aromatic N) is 2. The number of hydrogen-bond acceptors (Lipinski definition) is 3. The van der Waals surface area contributed by atoms with Crippen LogP contribution in [0.3, 0.4) is 0 Å². The van der Waals surface area contributed by atoms with Crippen molar-refractivity contribution in [3.8, 4) is 0 Å². The molecule has 0 bridgehead atoms. The third-order valence-corrected chi connectivity index (χ3v) is 4.13. The first-order chi connectivity index (χ1) is 10.7. The molecule has 0 aliphatic rings. The van der Waals surface area contributed by atoms with E-state index >= 15 is 0 Å². The number of carbonyl (C=O) groups excluding carboxylic acids is 1. The number of carbonyl (C=O) groups is 1. The van der Waals surface area contributed by atoms with Gasteiger partial charge in [0.15, 0.2) is 0 Å². The summed E-state index contributed by atoms with van der Waals surface area (Å²) in [5.41, 5.74) is 1.63. The average molecular weight is 290 g/mol. The van der Waals surface area contributed by atoms with E-state index in [0.717, 1.165) is 38.1 Å². The lowest BCUT2D eigenvalue weighted by Gasteiger charge is -2.06. The van der Waals surface area contributed by atoms with Crippen molar-refractivity contribution in [1.29, 1.82) is 0 Å². The maximum absolute atomic E-state index is 12.0. The molecule has 108 valence electrons. The van der Waals surface area contributed by atoms with Crippen LogP contribution in [-0.4, -0.2) is 23.0 Å². The van der Waals surface area contributed by atoms with Crippen molar-refractivity contribution in [2.75, 3.05) is 7.11 Å². The highest BCUT2D eigenvalue weighted by molar-refractivity contribution is 6.25. The summed E-state index contributed by atoms with van der Waals surface area (Å²) < 4.78 is 6.17. The van der Waals surface area contributed by atoms with E-state index in [0.29, 0.717) is 0 Å². The van der Waals surface area contributed by atoms with Crippen molar-refractivity contribution in [3.63, 3.8) is 0 Å². The number of ether oxygens (including phenoxy) is 1. The SMILES string of the molecule is COC(=O)n1nc2c3ccccc3c3ccccc3c2c1C. The molecule has 0 N–H and O–H groups in total. The molecular formula is C18H14N2O2. The normalized spacial score (nSPS) is 11.4. The number of rotatable bonds is 0. The molecule has 3 aromatic carbocycles. The number of aromatic nitrogens is 2. The zero-order chi connectivity index (χ0) is 15.3. The Morgan fingerprint density at radius 3 is 2.14 bits per heavy atom. The van der Waals surface area contributed by atoms with Gasteiger partial charge in [-0.2, -0.15) is 9.78 Å². The Bertz CT molecular complexity index is 1050. The van der Waals surface area contributed by atoms with Crippen molar-refractivity contribution in [1.82, 2.24) is 9.78 Å². The molecule has 1 heterocycles. The lowest BCUT2D eigenvalue weighted by molar-refractivity contribution is 0.169.